The minimum absolute atomic E-state index is 0.171. The highest BCUT2D eigenvalue weighted by Gasteiger charge is 2.41. The largest absolute Gasteiger partial charge is 0.313 e. The maximum Gasteiger partial charge on any atom is 0.140 e. The summed E-state index contributed by atoms with van der Waals surface area (Å²) in [5, 5.41) is 12.0. The zero-order valence-electron chi connectivity index (χ0n) is 16.5. The Bertz CT molecular complexity index is 1070. The molecule has 0 spiro atoms. The van der Waals surface area contributed by atoms with Gasteiger partial charge in [-0.05, 0) is 66.4 Å². The standard InChI is InChI=1S/C25H24FN3/c1-17-6-9-24(29-28-17)19-7-8-22-21(14-19)16-27-13-11-23(22)25(26)12-10-18-4-2-3-5-20(18)15-25/h2-10,12,14,23,27H,11,13,15-16H2,1H3. The molecule has 2 atom stereocenters. The van der Waals surface area contributed by atoms with E-state index in [1.54, 1.807) is 6.08 Å². The van der Waals surface area contributed by atoms with Gasteiger partial charge < -0.3 is 5.32 Å². The Morgan fingerprint density at radius 3 is 2.79 bits per heavy atom. The molecule has 3 nitrogen and oxygen atoms in total. The van der Waals surface area contributed by atoms with Crippen molar-refractivity contribution in [2.75, 3.05) is 6.54 Å². The highest BCUT2D eigenvalue weighted by atomic mass is 19.1. The van der Waals surface area contributed by atoms with Crippen LogP contribution >= 0.6 is 0 Å². The second kappa shape index (κ2) is 7.20. The van der Waals surface area contributed by atoms with Crippen molar-refractivity contribution in [2.24, 2.45) is 0 Å². The van der Waals surface area contributed by atoms with Gasteiger partial charge >= 0.3 is 0 Å². The van der Waals surface area contributed by atoms with E-state index >= 15 is 4.39 Å². The number of allylic oxidation sites excluding steroid dienone is 1. The number of nitrogens with zero attached hydrogens (tertiary/aromatic N) is 2. The van der Waals surface area contributed by atoms with Gasteiger partial charge in [-0.2, -0.15) is 10.2 Å². The number of hydrogen-bond acceptors (Lipinski definition) is 3. The molecule has 4 heteroatoms. The predicted molar refractivity (Wildman–Crippen MR) is 114 cm³/mol. The lowest BCUT2D eigenvalue weighted by Gasteiger charge is -2.35. The summed E-state index contributed by atoms with van der Waals surface area (Å²) in [6, 6.07) is 18.4. The Morgan fingerprint density at radius 2 is 1.93 bits per heavy atom. The first-order valence-electron chi connectivity index (χ1n) is 10.2. The van der Waals surface area contributed by atoms with Gasteiger partial charge in [-0.25, -0.2) is 4.39 Å². The van der Waals surface area contributed by atoms with Gasteiger partial charge in [0.2, 0.25) is 0 Å². The molecule has 0 bridgehead atoms. The van der Waals surface area contributed by atoms with E-state index in [1.165, 1.54) is 0 Å². The molecule has 1 aromatic heterocycles. The van der Waals surface area contributed by atoms with Crippen LogP contribution < -0.4 is 5.32 Å². The SMILES string of the molecule is Cc1ccc(-c2ccc3c(c2)CNCCC3C2(F)C=Cc3ccccc3C2)nn1. The van der Waals surface area contributed by atoms with Crippen molar-refractivity contribution < 1.29 is 4.39 Å². The van der Waals surface area contributed by atoms with Crippen LogP contribution in [0.4, 0.5) is 4.39 Å². The summed E-state index contributed by atoms with van der Waals surface area (Å²) in [5.41, 5.74) is 5.86. The Balaban J connectivity index is 1.53. The lowest BCUT2D eigenvalue weighted by Crippen LogP contribution is -2.34. The quantitative estimate of drug-likeness (QED) is 0.674. The van der Waals surface area contributed by atoms with Gasteiger partial charge in [0.15, 0.2) is 0 Å². The summed E-state index contributed by atoms with van der Waals surface area (Å²) in [4.78, 5) is 0. The Labute approximate surface area is 170 Å². The lowest BCUT2D eigenvalue weighted by atomic mass is 9.73. The van der Waals surface area contributed by atoms with Crippen LogP contribution in [0.1, 0.15) is 40.3 Å². The molecule has 146 valence electrons. The minimum atomic E-state index is -1.37. The van der Waals surface area contributed by atoms with E-state index in [0.29, 0.717) is 6.42 Å². The number of aryl methyl sites for hydroxylation is 1. The molecule has 0 fully saturated rings. The average Bonchev–Trinajstić information content (AvgIpc) is 2.96. The molecule has 1 aliphatic carbocycles. The molecule has 29 heavy (non-hydrogen) atoms. The first-order chi connectivity index (χ1) is 14.1. The number of alkyl halides is 1. The molecule has 5 rings (SSSR count). The van der Waals surface area contributed by atoms with E-state index in [4.69, 9.17) is 0 Å². The van der Waals surface area contributed by atoms with Gasteiger partial charge in [0, 0.05) is 24.4 Å². The van der Waals surface area contributed by atoms with Crippen molar-refractivity contribution in [3.05, 3.63) is 88.6 Å². The monoisotopic (exact) mass is 385 g/mol. The van der Waals surface area contributed by atoms with Crippen molar-refractivity contribution in [2.45, 2.75) is 37.9 Å². The van der Waals surface area contributed by atoms with Crippen molar-refractivity contribution in [3.63, 3.8) is 0 Å². The molecule has 2 heterocycles. The molecule has 2 aromatic carbocycles. The number of nitrogens with one attached hydrogen (secondary N) is 1. The topological polar surface area (TPSA) is 37.8 Å². The fourth-order valence-corrected chi connectivity index (χ4v) is 4.61. The minimum Gasteiger partial charge on any atom is -0.313 e. The summed E-state index contributed by atoms with van der Waals surface area (Å²) in [7, 11) is 0. The molecule has 0 radical (unpaired) electrons. The van der Waals surface area contributed by atoms with Crippen LogP contribution in [0.3, 0.4) is 0 Å². The normalized spacial score (nSPS) is 23.2. The van der Waals surface area contributed by atoms with Crippen LogP contribution in [-0.4, -0.2) is 22.4 Å². The molecule has 3 aromatic rings. The number of fused-ring (bicyclic) bond motifs is 2. The maximum atomic E-state index is 16.3. The Kier molecular flexibility index (Phi) is 4.51. The van der Waals surface area contributed by atoms with Crippen molar-refractivity contribution in [1.29, 1.82) is 0 Å². The number of halogens is 1. The molecule has 0 amide bonds. The molecule has 2 aliphatic rings. The average molecular weight is 385 g/mol. The Morgan fingerprint density at radius 1 is 1.03 bits per heavy atom. The molecule has 1 N–H and O–H groups in total. The summed E-state index contributed by atoms with van der Waals surface area (Å²) >= 11 is 0. The molecule has 0 saturated carbocycles. The predicted octanol–water partition coefficient (Wildman–Crippen LogP) is 5.01. The third-order valence-electron chi connectivity index (χ3n) is 6.17. The van der Waals surface area contributed by atoms with Gasteiger partial charge in [0.25, 0.3) is 0 Å². The molecular formula is C25H24FN3. The summed E-state index contributed by atoms with van der Waals surface area (Å²) in [6.07, 6.45) is 4.94. The second-order valence-corrected chi connectivity index (χ2v) is 8.13. The van der Waals surface area contributed by atoms with Crippen LogP contribution in [0.25, 0.3) is 17.3 Å². The van der Waals surface area contributed by atoms with Gasteiger partial charge in [0.05, 0.1) is 11.4 Å². The van der Waals surface area contributed by atoms with E-state index in [9.17, 15) is 0 Å². The van der Waals surface area contributed by atoms with E-state index in [2.05, 4.69) is 39.8 Å². The van der Waals surface area contributed by atoms with Crippen LogP contribution in [0.2, 0.25) is 0 Å². The van der Waals surface area contributed by atoms with Crippen molar-refractivity contribution in [3.8, 4) is 11.3 Å². The van der Waals surface area contributed by atoms with E-state index < -0.39 is 5.67 Å². The maximum absolute atomic E-state index is 16.3. The van der Waals surface area contributed by atoms with Crippen molar-refractivity contribution >= 4 is 6.08 Å². The van der Waals surface area contributed by atoms with Crippen LogP contribution in [-0.2, 0) is 13.0 Å². The Hall–Kier alpha value is -2.85. The number of hydrogen-bond donors (Lipinski definition) is 1. The van der Waals surface area contributed by atoms with Crippen molar-refractivity contribution in [1.82, 2.24) is 15.5 Å². The zero-order chi connectivity index (χ0) is 19.8. The highest BCUT2D eigenvalue weighted by Crippen LogP contribution is 2.44. The fourth-order valence-electron chi connectivity index (χ4n) is 4.61. The van der Waals surface area contributed by atoms with Gasteiger partial charge in [-0.3, -0.25) is 0 Å². The molecule has 0 saturated heterocycles. The fraction of sp³-hybridized carbons (Fsp3) is 0.280. The van der Waals surface area contributed by atoms with Gasteiger partial charge in [0.1, 0.15) is 5.67 Å². The first-order valence-corrected chi connectivity index (χ1v) is 10.2. The number of rotatable bonds is 2. The second-order valence-electron chi connectivity index (χ2n) is 8.13. The number of benzene rings is 2. The van der Waals surface area contributed by atoms with E-state index in [-0.39, 0.29) is 5.92 Å². The molecule has 2 unspecified atom stereocenters. The molecular weight excluding hydrogens is 361 g/mol. The van der Waals surface area contributed by atoms with Crippen LogP contribution in [0, 0.1) is 6.92 Å². The summed E-state index contributed by atoms with van der Waals surface area (Å²) in [5.74, 6) is -0.171. The highest BCUT2D eigenvalue weighted by molar-refractivity contribution is 5.63. The smallest absolute Gasteiger partial charge is 0.140 e. The summed E-state index contributed by atoms with van der Waals surface area (Å²) < 4.78 is 16.3. The third kappa shape index (κ3) is 3.38. The van der Waals surface area contributed by atoms with Crippen LogP contribution in [0.15, 0.2) is 60.7 Å². The first kappa shape index (κ1) is 18.2. The summed E-state index contributed by atoms with van der Waals surface area (Å²) in [6.45, 7) is 3.48. The van der Waals surface area contributed by atoms with E-state index in [1.807, 2.05) is 43.3 Å². The third-order valence-corrected chi connectivity index (χ3v) is 6.17. The van der Waals surface area contributed by atoms with E-state index in [0.717, 1.165) is 58.7 Å². The van der Waals surface area contributed by atoms with Gasteiger partial charge in [-0.15, -0.1) is 0 Å². The molecule has 1 aliphatic heterocycles. The lowest BCUT2D eigenvalue weighted by molar-refractivity contribution is 0.176. The zero-order valence-corrected chi connectivity index (χ0v) is 16.5. The number of aromatic nitrogens is 2. The van der Waals surface area contributed by atoms with Crippen LogP contribution in [0.5, 0.6) is 0 Å². The van der Waals surface area contributed by atoms with Gasteiger partial charge in [-0.1, -0.05) is 42.5 Å².